The lowest BCUT2D eigenvalue weighted by Gasteiger charge is -2.29. The second-order valence-corrected chi connectivity index (χ2v) is 5.81. The molecular formula is C14H19N3O3S. The summed E-state index contributed by atoms with van der Waals surface area (Å²) in [5, 5.41) is 31.8. The van der Waals surface area contributed by atoms with E-state index in [0.29, 0.717) is 18.3 Å². The molecule has 1 atom stereocenters. The van der Waals surface area contributed by atoms with E-state index in [-0.39, 0.29) is 12.4 Å². The first-order valence-electron chi connectivity index (χ1n) is 6.68. The van der Waals surface area contributed by atoms with Gasteiger partial charge in [0.05, 0.1) is 25.3 Å². The number of nitrogens with zero attached hydrogens (tertiary/aromatic N) is 2. The number of benzene rings is 1. The third-order valence-corrected chi connectivity index (χ3v) is 3.98. The van der Waals surface area contributed by atoms with Gasteiger partial charge in [-0.05, 0) is 31.5 Å². The molecule has 1 aromatic carbocycles. The number of ether oxygens (including phenoxy) is 1. The van der Waals surface area contributed by atoms with Crippen molar-refractivity contribution >= 4 is 11.3 Å². The molecule has 0 radical (unpaired) electrons. The van der Waals surface area contributed by atoms with Gasteiger partial charge in [-0.25, -0.2) is 0 Å². The molecule has 0 saturated heterocycles. The average molecular weight is 309 g/mol. The van der Waals surface area contributed by atoms with Gasteiger partial charge in [0.2, 0.25) is 0 Å². The summed E-state index contributed by atoms with van der Waals surface area (Å²) in [5.41, 5.74) is 0.135. The smallest absolute Gasteiger partial charge is 0.294 e. The van der Waals surface area contributed by atoms with E-state index < -0.39 is 5.54 Å². The summed E-state index contributed by atoms with van der Waals surface area (Å²) < 4.78 is 5.28. The van der Waals surface area contributed by atoms with Crippen LogP contribution in [0.5, 0.6) is 10.9 Å². The monoisotopic (exact) mass is 309 g/mol. The molecule has 7 heteroatoms. The van der Waals surface area contributed by atoms with E-state index in [1.165, 1.54) is 11.3 Å². The van der Waals surface area contributed by atoms with Crippen LogP contribution in [0.2, 0.25) is 0 Å². The second kappa shape index (κ2) is 6.84. The van der Waals surface area contributed by atoms with E-state index in [1.54, 1.807) is 18.2 Å². The first-order chi connectivity index (χ1) is 10.1. The Bertz CT molecular complexity index is 590. The van der Waals surface area contributed by atoms with Crippen molar-refractivity contribution in [3.8, 4) is 10.9 Å². The van der Waals surface area contributed by atoms with E-state index in [9.17, 15) is 10.2 Å². The average Bonchev–Trinajstić information content (AvgIpc) is 2.93. The van der Waals surface area contributed by atoms with Crippen molar-refractivity contribution in [2.24, 2.45) is 0 Å². The summed E-state index contributed by atoms with van der Waals surface area (Å²) in [6.45, 7) is 4.67. The van der Waals surface area contributed by atoms with E-state index in [1.807, 2.05) is 19.9 Å². The highest BCUT2D eigenvalue weighted by molar-refractivity contribution is 7.13. The molecule has 1 aromatic heterocycles. The van der Waals surface area contributed by atoms with Crippen LogP contribution >= 0.6 is 11.3 Å². The van der Waals surface area contributed by atoms with Crippen LogP contribution < -0.4 is 10.1 Å². The van der Waals surface area contributed by atoms with Crippen LogP contribution in [-0.4, -0.2) is 33.6 Å². The molecule has 6 nitrogen and oxygen atoms in total. The van der Waals surface area contributed by atoms with E-state index in [0.717, 1.165) is 10.6 Å². The van der Waals surface area contributed by atoms with Crippen molar-refractivity contribution in [3.63, 3.8) is 0 Å². The van der Waals surface area contributed by atoms with Gasteiger partial charge >= 0.3 is 0 Å². The van der Waals surface area contributed by atoms with Crippen LogP contribution in [0.25, 0.3) is 0 Å². The molecule has 0 saturated carbocycles. The summed E-state index contributed by atoms with van der Waals surface area (Å²) in [6.07, 6.45) is 0. The zero-order valence-corrected chi connectivity index (χ0v) is 12.9. The van der Waals surface area contributed by atoms with Crippen molar-refractivity contribution < 1.29 is 14.9 Å². The summed E-state index contributed by atoms with van der Waals surface area (Å²) in [6, 6.07) is 6.84. The van der Waals surface area contributed by atoms with Crippen molar-refractivity contribution in [1.29, 1.82) is 0 Å². The van der Waals surface area contributed by atoms with Gasteiger partial charge in [-0.3, -0.25) is 5.32 Å². The van der Waals surface area contributed by atoms with Gasteiger partial charge in [0, 0.05) is 0 Å². The summed E-state index contributed by atoms with van der Waals surface area (Å²) >= 11 is 1.37. The van der Waals surface area contributed by atoms with Crippen molar-refractivity contribution in [2.45, 2.75) is 25.9 Å². The highest BCUT2D eigenvalue weighted by Gasteiger charge is 2.26. The molecule has 0 aliphatic rings. The minimum atomic E-state index is -0.670. The lowest BCUT2D eigenvalue weighted by atomic mass is 9.92. The Labute approximate surface area is 127 Å². The van der Waals surface area contributed by atoms with Crippen LogP contribution in [0, 0.1) is 0 Å². The Morgan fingerprint density at radius 1 is 1.38 bits per heavy atom. The lowest BCUT2D eigenvalue weighted by Crippen LogP contribution is -2.42. The summed E-state index contributed by atoms with van der Waals surface area (Å²) in [7, 11) is 0. The Balaban J connectivity index is 2.07. The number of phenols is 1. The number of aliphatic hydroxyl groups is 1. The van der Waals surface area contributed by atoms with Crippen molar-refractivity contribution in [1.82, 2.24) is 15.5 Å². The van der Waals surface area contributed by atoms with E-state index in [4.69, 9.17) is 4.74 Å². The quantitative estimate of drug-likeness (QED) is 0.721. The normalized spacial score (nSPS) is 13.9. The molecule has 0 aliphatic heterocycles. The Hall–Kier alpha value is -1.70. The first kappa shape index (κ1) is 15.7. The fourth-order valence-corrected chi connectivity index (χ4v) is 2.55. The molecule has 114 valence electrons. The van der Waals surface area contributed by atoms with Gasteiger partial charge < -0.3 is 14.9 Å². The second-order valence-electron chi connectivity index (χ2n) is 4.79. The van der Waals surface area contributed by atoms with Gasteiger partial charge in [0.25, 0.3) is 5.19 Å². The van der Waals surface area contributed by atoms with Gasteiger partial charge in [-0.2, -0.15) is 0 Å². The minimum absolute atomic E-state index is 0.104. The van der Waals surface area contributed by atoms with Crippen molar-refractivity contribution in [2.75, 3.05) is 13.2 Å². The maximum Gasteiger partial charge on any atom is 0.294 e. The number of phenolic OH excluding ortho intramolecular Hbond substituents is 1. The number of aromatic hydroxyl groups is 1. The number of hydrogen-bond acceptors (Lipinski definition) is 7. The zero-order valence-electron chi connectivity index (χ0n) is 12.0. The maximum absolute atomic E-state index is 9.70. The molecule has 0 amide bonds. The maximum atomic E-state index is 9.70. The van der Waals surface area contributed by atoms with Crippen LogP contribution in [0.4, 0.5) is 0 Å². The molecule has 0 bridgehead atoms. The molecule has 21 heavy (non-hydrogen) atoms. The summed E-state index contributed by atoms with van der Waals surface area (Å²) in [4.78, 5) is 0. The van der Waals surface area contributed by atoms with Crippen LogP contribution in [-0.2, 0) is 12.1 Å². The van der Waals surface area contributed by atoms with Crippen LogP contribution in [0.1, 0.15) is 24.4 Å². The predicted molar refractivity (Wildman–Crippen MR) is 80.5 cm³/mol. The van der Waals surface area contributed by atoms with Crippen LogP contribution in [0.15, 0.2) is 24.3 Å². The summed E-state index contributed by atoms with van der Waals surface area (Å²) in [5.74, 6) is 0.170. The number of nitrogens with one attached hydrogen (secondary N) is 1. The van der Waals surface area contributed by atoms with Gasteiger partial charge in [0.15, 0.2) is 0 Å². The highest BCUT2D eigenvalue weighted by atomic mass is 32.1. The fourth-order valence-electron chi connectivity index (χ4n) is 1.86. The predicted octanol–water partition coefficient (Wildman–Crippen LogP) is 1.64. The largest absolute Gasteiger partial charge is 0.508 e. The standard InChI is InChI=1S/C14H19N3O3S/c1-3-20-13-17-16-12(21-13)8-15-14(2,9-18)10-5-4-6-11(19)7-10/h4-7,15,18-19H,3,8-9H2,1-2H3. The first-order valence-corrected chi connectivity index (χ1v) is 7.49. The molecule has 2 aromatic rings. The molecule has 2 rings (SSSR count). The Morgan fingerprint density at radius 2 is 2.19 bits per heavy atom. The van der Waals surface area contributed by atoms with Gasteiger partial charge in [-0.15, -0.1) is 10.2 Å². The SMILES string of the molecule is CCOc1nnc(CNC(C)(CO)c2cccc(O)c2)s1. The van der Waals surface area contributed by atoms with E-state index in [2.05, 4.69) is 15.5 Å². The Morgan fingerprint density at radius 3 is 2.86 bits per heavy atom. The number of aliphatic hydroxyl groups excluding tert-OH is 1. The fraction of sp³-hybridized carbons (Fsp3) is 0.429. The molecule has 0 spiro atoms. The zero-order chi connectivity index (χ0) is 15.3. The van der Waals surface area contributed by atoms with Crippen molar-refractivity contribution in [3.05, 3.63) is 34.8 Å². The van der Waals surface area contributed by atoms with Gasteiger partial charge in [-0.1, -0.05) is 23.5 Å². The molecular weight excluding hydrogens is 290 g/mol. The molecule has 3 N–H and O–H groups in total. The topological polar surface area (TPSA) is 87.5 Å². The molecule has 1 heterocycles. The lowest BCUT2D eigenvalue weighted by molar-refractivity contribution is 0.173. The number of hydrogen-bond donors (Lipinski definition) is 3. The third-order valence-electron chi connectivity index (χ3n) is 3.15. The molecule has 0 fully saturated rings. The van der Waals surface area contributed by atoms with E-state index >= 15 is 0 Å². The third kappa shape index (κ3) is 3.90. The van der Waals surface area contributed by atoms with Crippen LogP contribution in [0.3, 0.4) is 0 Å². The molecule has 1 unspecified atom stereocenters. The van der Waals surface area contributed by atoms with Gasteiger partial charge in [0.1, 0.15) is 10.8 Å². The molecule has 0 aliphatic carbocycles. The number of rotatable bonds is 7. The Kier molecular flexibility index (Phi) is 5.11. The number of aromatic nitrogens is 2. The minimum Gasteiger partial charge on any atom is -0.508 e. The highest BCUT2D eigenvalue weighted by Crippen LogP contribution is 2.25.